The molecule has 0 bridgehead atoms. The van der Waals surface area contributed by atoms with Crippen molar-refractivity contribution in [3.63, 3.8) is 0 Å². The smallest absolute Gasteiger partial charge is 0.321 e. The van der Waals surface area contributed by atoms with Crippen LogP contribution in [0.5, 0.6) is 0 Å². The summed E-state index contributed by atoms with van der Waals surface area (Å²) in [5, 5.41) is 21.3. The Labute approximate surface area is 234 Å². The first kappa shape index (κ1) is 27.1. The topological polar surface area (TPSA) is 67.6 Å². The summed E-state index contributed by atoms with van der Waals surface area (Å²) in [7, 11) is 0. The highest BCUT2D eigenvalue weighted by Crippen LogP contribution is 2.31. The minimum atomic E-state index is -0.832. The maximum Gasteiger partial charge on any atom is 0.321 e. The zero-order valence-corrected chi connectivity index (χ0v) is 22.2. The van der Waals surface area contributed by atoms with Gasteiger partial charge in [-0.25, -0.2) is 9.18 Å². The van der Waals surface area contributed by atoms with Crippen LogP contribution in [0.3, 0.4) is 0 Å². The summed E-state index contributed by atoms with van der Waals surface area (Å²) in [5.74, 6) is -0.594. The Balaban J connectivity index is 1.51. The quantitative estimate of drug-likeness (QED) is 0.282. The van der Waals surface area contributed by atoms with Crippen LogP contribution >= 0.6 is 0 Å². The number of rotatable bonds is 9. The minimum Gasteiger partial charge on any atom is -0.389 e. The van der Waals surface area contributed by atoms with E-state index in [9.17, 15) is 19.6 Å². The van der Waals surface area contributed by atoms with E-state index in [1.165, 1.54) is 12.1 Å². The number of amides is 2. The third kappa shape index (κ3) is 6.22. The molecule has 4 aromatic carbocycles. The average molecular weight is 534 g/mol. The number of aliphatic hydroxyl groups excluding tert-OH is 1. The standard InChI is InChI=1S/C34H32FN3O2/c35-30-18-16-28(20-29(30)22-36)24-38-32(21-26-12-6-2-7-13-26)33(39)31(19-17-25-10-4-1-5-11-25)37(34(38)40)23-27-14-8-3-9-15-27/h1-16,18,20,31-33,39H,17,19,21,23-24H2/t31-,32-,33-/m1/s1. The fourth-order valence-electron chi connectivity index (χ4n) is 5.55. The summed E-state index contributed by atoms with van der Waals surface area (Å²) in [6.45, 7) is 0.511. The summed E-state index contributed by atoms with van der Waals surface area (Å²) >= 11 is 0. The number of nitriles is 1. The lowest BCUT2D eigenvalue weighted by Crippen LogP contribution is -2.66. The molecule has 0 aliphatic carbocycles. The van der Waals surface area contributed by atoms with Gasteiger partial charge in [0.2, 0.25) is 0 Å². The van der Waals surface area contributed by atoms with E-state index < -0.39 is 24.0 Å². The normalized spacial score (nSPS) is 18.9. The summed E-state index contributed by atoms with van der Waals surface area (Å²) in [4.78, 5) is 17.8. The van der Waals surface area contributed by atoms with Crippen LogP contribution in [0.15, 0.2) is 109 Å². The van der Waals surface area contributed by atoms with Crippen molar-refractivity contribution >= 4 is 6.03 Å². The van der Waals surface area contributed by atoms with Gasteiger partial charge in [0.05, 0.1) is 23.8 Å². The van der Waals surface area contributed by atoms with Crippen LogP contribution in [0.4, 0.5) is 9.18 Å². The molecule has 6 heteroatoms. The summed E-state index contributed by atoms with van der Waals surface area (Å²) in [6, 6.07) is 34.8. The average Bonchev–Trinajstić information content (AvgIpc) is 2.99. The monoisotopic (exact) mass is 533 g/mol. The van der Waals surface area contributed by atoms with E-state index in [-0.39, 0.29) is 18.1 Å². The molecular formula is C34H32FN3O2. The van der Waals surface area contributed by atoms with Gasteiger partial charge in [0.1, 0.15) is 11.9 Å². The van der Waals surface area contributed by atoms with E-state index >= 15 is 0 Å². The van der Waals surface area contributed by atoms with Gasteiger partial charge >= 0.3 is 6.03 Å². The largest absolute Gasteiger partial charge is 0.389 e. The molecule has 5 nitrogen and oxygen atoms in total. The van der Waals surface area contributed by atoms with Gasteiger partial charge in [0.15, 0.2) is 0 Å². The van der Waals surface area contributed by atoms with Crippen molar-refractivity contribution in [3.05, 3.63) is 143 Å². The number of hydrogen-bond acceptors (Lipinski definition) is 3. The van der Waals surface area contributed by atoms with Crippen molar-refractivity contribution in [2.75, 3.05) is 0 Å². The van der Waals surface area contributed by atoms with Gasteiger partial charge in [-0.05, 0) is 53.6 Å². The van der Waals surface area contributed by atoms with Crippen LogP contribution in [-0.4, -0.2) is 39.1 Å². The van der Waals surface area contributed by atoms with E-state index in [4.69, 9.17) is 0 Å². The van der Waals surface area contributed by atoms with Crippen LogP contribution in [0.25, 0.3) is 0 Å². The number of carbonyl (C=O) groups is 1. The van der Waals surface area contributed by atoms with E-state index in [0.717, 1.165) is 23.1 Å². The lowest BCUT2D eigenvalue weighted by molar-refractivity contribution is -0.0453. The molecule has 4 aromatic rings. The Morgan fingerprint density at radius 1 is 0.725 bits per heavy atom. The Bertz CT molecular complexity index is 1460. The second-order valence-electron chi connectivity index (χ2n) is 10.3. The summed E-state index contributed by atoms with van der Waals surface area (Å²) < 4.78 is 14.1. The summed E-state index contributed by atoms with van der Waals surface area (Å²) in [5.41, 5.74) is 3.71. The molecule has 1 heterocycles. The fourth-order valence-corrected chi connectivity index (χ4v) is 5.55. The summed E-state index contributed by atoms with van der Waals surface area (Å²) in [6.07, 6.45) is 0.975. The van der Waals surface area contributed by atoms with Crippen molar-refractivity contribution in [2.24, 2.45) is 0 Å². The lowest BCUT2D eigenvalue weighted by atomic mass is 9.88. The number of aliphatic hydroxyl groups is 1. The molecule has 1 saturated heterocycles. The van der Waals surface area contributed by atoms with Crippen molar-refractivity contribution in [1.29, 1.82) is 5.26 Å². The molecule has 0 spiro atoms. The van der Waals surface area contributed by atoms with Crippen molar-refractivity contribution in [1.82, 2.24) is 9.80 Å². The molecule has 202 valence electrons. The SMILES string of the molecule is N#Cc1cc(CN2C(=O)N(Cc3ccccc3)[C@H](CCc3ccccc3)[C@@H](O)[C@H]2Cc2ccccc2)ccc1F. The molecule has 1 fully saturated rings. The van der Waals surface area contributed by atoms with Crippen LogP contribution in [-0.2, 0) is 25.9 Å². The number of halogens is 1. The Morgan fingerprint density at radius 2 is 1.27 bits per heavy atom. The predicted octanol–water partition coefficient (Wildman–Crippen LogP) is 6.11. The maximum atomic E-state index is 14.3. The third-order valence-electron chi connectivity index (χ3n) is 7.64. The van der Waals surface area contributed by atoms with Gasteiger partial charge in [0, 0.05) is 13.1 Å². The van der Waals surface area contributed by atoms with Gasteiger partial charge in [0.25, 0.3) is 0 Å². The van der Waals surface area contributed by atoms with Crippen LogP contribution in [0, 0.1) is 17.1 Å². The number of hydrogen-bond donors (Lipinski definition) is 1. The molecule has 5 rings (SSSR count). The Morgan fingerprint density at radius 3 is 1.90 bits per heavy atom. The highest BCUT2D eigenvalue weighted by atomic mass is 19.1. The molecule has 0 radical (unpaired) electrons. The first-order valence-corrected chi connectivity index (χ1v) is 13.6. The minimum absolute atomic E-state index is 0.0657. The third-order valence-corrected chi connectivity index (χ3v) is 7.64. The molecule has 3 atom stereocenters. The number of urea groups is 1. The van der Waals surface area contributed by atoms with Gasteiger partial charge in [-0.3, -0.25) is 0 Å². The second kappa shape index (κ2) is 12.6. The van der Waals surface area contributed by atoms with Gasteiger partial charge < -0.3 is 14.9 Å². The number of aryl methyl sites for hydroxylation is 1. The van der Waals surface area contributed by atoms with Crippen LogP contribution in [0.1, 0.15) is 34.2 Å². The predicted molar refractivity (Wildman–Crippen MR) is 153 cm³/mol. The first-order valence-electron chi connectivity index (χ1n) is 13.6. The van der Waals surface area contributed by atoms with Gasteiger partial charge in [-0.1, -0.05) is 97.1 Å². The molecule has 1 N–H and O–H groups in total. The molecule has 0 unspecified atom stereocenters. The molecule has 0 aromatic heterocycles. The molecule has 1 aliphatic rings. The highest BCUT2D eigenvalue weighted by Gasteiger charge is 2.45. The fraction of sp³-hybridized carbons (Fsp3) is 0.235. The second-order valence-corrected chi connectivity index (χ2v) is 10.3. The first-order chi connectivity index (χ1) is 19.5. The molecule has 2 amide bonds. The molecule has 40 heavy (non-hydrogen) atoms. The van der Waals surface area contributed by atoms with Gasteiger partial charge in [-0.2, -0.15) is 5.26 Å². The van der Waals surface area contributed by atoms with Crippen LogP contribution < -0.4 is 0 Å². The van der Waals surface area contributed by atoms with E-state index in [1.807, 2.05) is 84.9 Å². The van der Waals surface area contributed by atoms with Crippen LogP contribution in [0.2, 0.25) is 0 Å². The van der Waals surface area contributed by atoms with Crippen molar-refractivity contribution in [2.45, 2.75) is 50.5 Å². The zero-order valence-electron chi connectivity index (χ0n) is 22.2. The van der Waals surface area contributed by atoms with Crippen molar-refractivity contribution in [3.8, 4) is 6.07 Å². The Hall–Kier alpha value is -4.47. The molecule has 1 aliphatic heterocycles. The van der Waals surface area contributed by atoms with E-state index in [1.54, 1.807) is 15.9 Å². The van der Waals surface area contributed by atoms with E-state index in [0.29, 0.717) is 24.9 Å². The van der Waals surface area contributed by atoms with Gasteiger partial charge in [-0.15, -0.1) is 0 Å². The Kier molecular flexibility index (Phi) is 8.53. The maximum absolute atomic E-state index is 14.3. The molecular weight excluding hydrogens is 501 g/mol. The highest BCUT2D eigenvalue weighted by molar-refractivity contribution is 5.77. The van der Waals surface area contributed by atoms with E-state index in [2.05, 4.69) is 12.1 Å². The number of carbonyl (C=O) groups excluding carboxylic acids is 1. The lowest BCUT2D eigenvalue weighted by Gasteiger charge is -2.49. The molecule has 0 saturated carbocycles. The number of nitrogens with zero attached hydrogens (tertiary/aromatic N) is 3. The van der Waals surface area contributed by atoms with Crippen molar-refractivity contribution < 1.29 is 14.3 Å². The zero-order chi connectivity index (χ0) is 27.9. The number of benzene rings is 4.